The molecule has 0 aromatic carbocycles. The van der Waals surface area contributed by atoms with E-state index in [1.807, 2.05) is 6.08 Å². The summed E-state index contributed by atoms with van der Waals surface area (Å²) in [4.78, 5) is 4.80. The van der Waals surface area contributed by atoms with Crippen LogP contribution in [-0.4, -0.2) is 48.6 Å². The molecule has 3 heteroatoms. The lowest BCUT2D eigenvalue weighted by Gasteiger charge is -2.36. The minimum absolute atomic E-state index is 0.121. The van der Waals surface area contributed by atoms with E-state index < -0.39 is 0 Å². The molecule has 1 aliphatic rings. The van der Waals surface area contributed by atoms with Gasteiger partial charge >= 0.3 is 0 Å². The number of nitrogens with zero attached hydrogens (tertiary/aromatic N) is 3. The lowest BCUT2D eigenvalue weighted by atomic mass is 10.1. The van der Waals surface area contributed by atoms with Gasteiger partial charge in [0.05, 0.1) is 12.1 Å². The first-order valence-corrected chi connectivity index (χ1v) is 6.28. The Morgan fingerprint density at radius 3 is 2.56 bits per heavy atom. The molecule has 0 radical (unpaired) electrons. The molecule has 1 heterocycles. The van der Waals surface area contributed by atoms with Crippen molar-refractivity contribution in [2.75, 3.05) is 32.7 Å². The van der Waals surface area contributed by atoms with Crippen molar-refractivity contribution < 1.29 is 0 Å². The van der Waals surface area contributed by atoms with Crippen molar-refractivity contribution in [2.24, 2.45) is 0 Å². The van der Waals surface area contributed by atoms with Crippen LogP contribution in [0.4, 0.5) is 0 Å². The second kappa shape index (κ2) is 7.43. The molecule has 3 nitrogen and oxygen atoms in total. The molecule has 1 saturated heterocycles. The molecule has 0 aliphatic carbocycles. The van der Waals surface area contributed by atoms with E-state index in [0.29, 0.717) is 0 Å². The van der Waals surface area contributed by atoms with Crippen LogP contribution in [0.25, 0.3) is 0 Å². The maximum Gasteiger partial charge on any atom is 0.0976 e. The summed E-state index contributed by atoms with van der Waals surface area (Å²) in [7, 11) is 0. The molecule has 1 rings (SSSR count). The van der Waals surface area contributed by atoms with Gasteiger partial charge in [0.15, 0.2) is 0 Å². The van der Waals surface area contributed by atoms with Crippen molar-refractivity contribution in [3.63, 3.8) is 0 Å². The molecule has 0 bridgehead atoms. The average molecular weight is 221 g/mol. The first kappa shape index (κ1) is 13.2. The Hall–Kier alpha value is -0.850. The zero-order chi connectivity index (χ0) is 11.8. The maximum atomic E-state index is 9.00. The highest BCUT2D eigenvalue weighted by Gasteiger charge is 2.21. The quantitative estimate of drug-likeness (QED) is 0.507. The monoisotopic (exact) mass is 221 g/mol. The summed E-state index contributed by atoms with van der Waals surface area (Å²) in [6.07, 6.45) is 5.24. The third-order valence-corrected chi connectivity index (χ3v) is 3.27. The Balaban J connectivity index is 2.23. The van der Waals surface area contributed by atoms with Gasteiger partial charge in [-0.2, -0.15) is 5.26 Å². The molecule has 0 aromatic heterocycles. The van der Waals surface area contributed by atoms with Gasteiger partial charge in [-0.1, -0.05) is 13.0 Å². The summed E-state index contributed by atoms with van der Waals surface area (Å²) >= 11 is 0. The van der Waals surface area contributed by atoms with E-state index in [1.165, 1.54) is 13.0 Å². The van der Waals surface area contributed by atoms with Crippen LogP contribution in [0.1, 0.15) is 26.2 Å². The fourth-order valence-corrected chi connectivity index (χ4v) is 2.19. The number of allylic oxidation sites excluding steroid dienone is 1. The number of hydrogen-bond acceptors (Lipinski definition) is 3. The normalized spacial score (nSPS) is 20.2. The van der Waals surface area contributed by atoms with Gasteiger partial charge in [0.25, 0.3) is 0 Å². The zero-order valence-corrected chi connectivity index (χ0v) is 10.4. The number of hydrogen-bond donors (Lipinski definition) is 0. The van der Waals surface area contributed by atoms with Crippen molar-refractivity contribution in [2.45, 2.75) is 32.2 Å². The lowest BCUT2D eigenvalue weighted by Crippen LogP contribution is -2.49. The molecule has 0 spiro atoms. The summed E-state index contributed by atoms with van der Waals surface area (Å²) in [5.41, 5.74) is 0. The SMILES string of the molecule is C=CCCCN1CCN(C(C#N)CC)CC1. The predicted octanol–water partition coefficient (Wildman–Crippen LogP) is 1.87. The summed E-state index contributed by atoms with van der Waals surface area (Å²) in [5.74, 6) is 0. The summed E-state index contributed by atoms with van der Waals surface area (Å²) in [6.45, 7) is 11.3. The number of rotatable bonds is 6. The topological polar surface area (TPSA) is 30.3 Å². The van der Waals surface area contributed by atoms with Crippen molar-refractivity contribution in [3.05, 3.63) is 12.7 Å². The molecule has 1 fully saturated rings. The lowest BCUT2D eigenvalue weighted by molar-refractivity contribution is 0.112. The number of piperazine rings is 1. The van der Waals surface area contributed by atoms with E-state index in [-0.39, 0.29) is 6.04 Å². The zero-order valence-electron chi connectivity index (χ0n) is 10.4. The van der Waals surface area contributed by atoms with Crippen molar-refractivity contribution in [1.82, 2.24) is 9.80 Å². The van der Waals surface area contributed by atoms with Gasteiger partial charge in [-0.25, -0.2) is 0 Å². The minimum atomic E-state index is 0.121. The largest absolute Gasteiger partial charge is 0.301 e. The summed E-state index contributed by atoms with van der Waals surface area (Å²) in [5, 5.41) is 9.00. The second-order valence-electron chi connectivity index (χ2n) is 4.36. The molecule has 0 N–H and O–H groups in total. The van der Waals surface area contributed by atoms with Gasteiger partial charge in [-0.15, -0.1) is 6.58 Å². The third-order valence-electron chi connectivity index (χ3n) is 3.27. The first-order chi connectivity index (χ1) is 7.81. The highest BCUT2D eigenvalue weighted by Crippen LogP contribution is 2.09. The highest BCUT2D eigenvalue weighted by molar-refractivity contribution is 4.92. The molecule has 90 valence electrons. The molecule has 1 atom stereocenters. The number of nitriles is 1. The Labute approximate surface area is 99.3 Å². The highest BCUT2D eigenvalue weighted by atomic mass is 15.3. The molecule has 16 heavy (non-hydrogen) atoms. The van der Waals surface area contributed by atoms with Gasteiger partial charge in [0, 0.05) is 26.2 Å². The van der Waals surface area contributed by atoms with Crippen LogP contribution in [0.2, 0.25) is 0 Å². The molecule has 0 saturated carbocycles. The average Bonchev–Trinajstić information content (AvgIpc) is 2.33. The predicted molar refractivity (Wildman–Crippen MR) is 67.1 cm³/mol. The van der Waals surface area contributed by atoms with Gasteiger partial charge in [-0.3, -0.25) is 4.90 Å². The number of unbranched alkanes of at least 4 members (excludes halogenated alkanes) is 1. The summed E-state index contributed by atoms with van der Waals surface area (Å²) in [6, 6.07) is 2.50. The van der Waals surface area contributed by atoms with Gasteiger partial charge in [0.2, 0.25) is 0 Å². The van der Waals surface area contributed by atoms with Crippen LogP contribution < -0.4 is 0 Å². The maximum absolute atomic E-state index is 9.00. The minimum Gasteiger partial charge on any atom is -0.301 e. The smallest absolute Gasteiger partial charge is 0.0976 e. The van der Waals surface area contributed by atoms with Gasteiger partial charge < -0.3 is 4.90 Å². The molecule has 0 amide bonds. The van der Waals surface area contributed by atoms with Crippen LogP contribution in [0.3, 0.4) is 0 Å². The van der Waals surface area contributed by atoms with E-state index in [4.69, 9.17) is 5.26 Å². The fourth-order valence-electron chi connectivity index (χ4n) is 2.19. The third kappa shape index (κ3) is 3.96. The first-order valence-electron chi connectivity index (χ1n) is 6.28. The molecule has 0 aromatic rings. The molecule has 1 unspecified atom stereocenters. The second-order valence-corrected chi connectivity index (χ2v) is 4.36. The molecular formula is C13H23N3. The van der Waals surface area contributed by atoms with Crippen LogP contribution in [0.5, 0.6) is 0 Å². The van der Waals surface area contributed by atoms with Crippen molar-refractivity contribution >= 4 is 0 Å². The van der Waals surface area contributed by atoms with Crippen molar-refractivity contribution in [1.29, 1.82) is 5.26 Å². The Morgan fingerprint density at radius 1 is 1.38 bits per heavy atom. The fraction of sp³-hybridized carbons (Fsp3) is 0.769. The van der Waals surface area contributed by atoms with Crippen molar-refractivity contribution in [3.8, 4) is 6.07 Å². The Bertz CT molecular complexity index is 236. The van der Waals surface area contributed by atoms with E-state index in [9.17, 15) is 0 Å². The van der Waals surface area contributed by atoms with E-state index in [1.54, 1.807) is 0 Å². The van der Waals surface area contributed by atoms with Gasteiger partial charge in [0.1, 0.15) is 0 Å². The van der Waals surface area contributed by atoms with E-state index in [2.05, 4.69) is 29.4 Å². The van der Waals surface area contributed by atoms with Crippen LogP contribution in [0.15, 0.2) is 12.7 Å². The van der Waals surface area contributed by atoms with E-state index >= 15 is 0 Å². The summed E-state index contributed by atoms with van der Waals surface area (Å²) < 4.78 is 0. The molecular weight excluding hydrogens is 198 g/mol. The Kier molecular flexibility index (Phi) is 6.14. The van der Waals surface area contributed by atoms with Gasteiger partial charge in [-0.05, 0) is 25.8 Å². The van der Waals surface area contributed by atoms with Crippen LogP contribution in [0, 0.1) is 11.3 Å². The Morgan fingerprint density at radius 2 is 2.06 bits per heavy atom. The van der Waals surface area contributed by atoms with Crippen LogP contribution >= 0.6 is 0 Å². The van der Waals surface area contributed by atoms with Crippen LogP contribution in [-0.2, 0) is 0 Å². The molecule has 1 aliphatic heterocycles. The standard InChI is InChI=1S/C13H23N3/c1-3-5-6-7-15-8-10-16(11-9-15)13(4-2)12-14/h3,13H,1,4-11H2,2H3. The van der Waals surface area contributed by atoms with E-state index in [0.717, 1.165) is 39.0 Å².